The molecule has 2 N–H and O–H groups in total. The normalized spacial score (nSPS) is 24.2. The molecule has 0 radical (unpaired) electrons. The van der Waals surface area contributed by atoms with Gasteiger partial charge in [0.05, 0.1) is 12.5 Å². The lowest BCUT2D eigenvalue weighted by molar-refractivity contribution is -0.115. The van der Waals surface area contributed by atoms with Gasteiger partial charge >= 0.3 is 0 Å². The number of halogens is 1. The van der Waals surface area contributed by atoms with Crippen molar-refractivity contribution >= 4 is 23.2 Å². The summed E-state index contributed by atoms with van der Waals surface area (Å²) in [5.74, 6) is 0.158. The molecule has 4 heteroatoms. The minimum Gasteiger partial charge on any atom is -0.388 e. The lowest BCUT2D eigenvalue weighted by Crippen LogP contribution is -2.07. The van der Waals surface area contributed by atoms with Crippen LogP contribution >= 0.6 is 11.6 Å². The maximum absolute atomic E-state index is 11.4. The van der Waals surface area contributed by atoms with Gasteiger partial charge in [-0.3, -0.25) is 4.79 Å². The number of hydrogen-bond donors (Lipinski definition) is 2. The van der Waals surface area contributed by atoms with Crippen molar-refractivity contribution in [2.75, 3.05) is 5.32 Å². The van der Waals surface area contributed by atoms with E-state index < -0.39 is 6.10 Å². The lowest BCUT2D eigenvalue weighted by Gasteiger charge is -2.16. The highest BCUT2D eigenvalue weighted by Gasteiger charge is 2.67. The van der Waals surface area contributed by atoms with Gasteiger partial charge in [-0.1, -0.05) is 39.3 Å². The predicted molar refractivity (Wildman–Crippen MR) is 79.8 cm³/mol. The maximum atomic E-state index is 11.4. The second kappa shape index (κ2) is 3.99. The quantitative estimate of drug-likeness (QED) is 0.876. The number of carbonyl (C=O) groups is 1. The number of carbonyl (C=O) groups excluding carboxylic acids is 1. The van der Waals surface area contributed by atoms with Crippen molar-refractivity contribution in [3.05, 3.63) is 28.3 Å². The minimum absolute atomic E-state index is 0.0187. The van der Waals surface area contributed by atoms with E-state index in [1.807, 2.05) is 6.07 Å². The van der Waals surface area contributed by atoms with Crippen LogP contribution < -0.4 is 5.32 Å². The summed E-state index contributed by atoms with van der Waals surface area (Å²) in [4.78, 5) is 11.4. The molecule has 0 aromatic heterocycles. The molecular weight excluding hydrogens is 274 g/mol. The summed E-state index contributed by atoms with van der Waals surface area (Å²) in [6.45, 7) is 8.70. The summed E-state index contributed by atoms with van der Waals surface area (Å²) >= 11 is 6.30. The van der Waals surface area contributed by atoms with E-state index in [0.29, 0.717) is 11.4 Å². The van der Waals surface area contributed by atoms with Gasteiger partial charge < -0.3 is 10.4 Å². The third-order valence-electron chi connectivity index (χ3n) is 5.61. The number of rotatable bonds is 2. The topological polar surface area (TPSA) is 49.3 Å². The van der Waals surface area contributed by atoms with Crippen molar-refractivity contribution in [3.8, 4) is 0 Å². The van der Waals surface area contributed by atoms with E-state index in [4.69, 9.17) is 11.6 Å². The molecule has 2 aliphatic rings. The molecule has 1 aromatic rings. The second-order valence-electron chi connectivity index (χ2n) is 7.12. The van der Waals surface area contributed by atoms with Crippen LogP contribution in [0.25, 0.3) is 0 Å². The number of nitrogens with one attached hydrogen (secondary N) is 1. The van der Waals surface area contributed by atoms with Gasteiger partial charge in [-0.05, 0) is 34.1 Å². The predicted octanol–water partition coefficient (Wildman–Crippen LogP) is 3.55. The molecule has 0 bridgehead atoms. The Labute approximate surface area is 124 Å². The number of amides is 1. The summed E-state index contributed by atoms with van der Waals surface area (Å²) in [7, 11) is 0. The van der Waals surface area contributed by atoms with Crippen molar-refractivity contribution in [2.24, 2.45) is 16.7 Å². The van der Waals surface area contributed by atoms with Crippen LogP contribution in [0.2, 0.25) is 5.02 Å². The molecule has 1 aliphatic carbocycles. The standard InChI is InChI=1S/C16H20ClNO2/c1-15(2)14(16(15,3)4)13(20)9-5-8-6-12(19)18-11(8)7-10(9)17/h5,7,13-14,20H,6H2,1-4H3,(H,18,19). The van der Waals surface area contributed by atoms with Crippen molar-refractivity contribution in [3.63, 3.8) is 0 Å². The Bertz CT molecular complexity index is 593. The molecule has 3 rings (SSSR count). The maximum Gasteiger partial charge on any atom is 0.228 e. The summed E-state index contributed by atoms with van der Waals surface area (Å²) < 4.78 is 0. The SMILES string of the molecule is CC1(C)C(C(O)c2cc3c(cc2Cl)NC(=O)C3)C1(C)C. The molecule has 20 heavy (non-hydrogen) atoms. The molecule has 1 fully saturated rings. The third-order valence-corrected chi connectivity index (χ3v) is 5.94. The highest BCUT2D eigenvalue weighted by Crippen LogP contribution is 2.72. The van der Waals surface area contributed by atoms with E-state index in [0.717, 1.165) is 16.8 Å². The van der Waals surface area contributed by atoms with Gasteiger partial charge in [0, 0.05) is 16.6 Å². The van der Waals surface area contributed by atoms with Crippen molar-refractivity contribution < 1.29 is 9.90 Å². The van der Waals surface area contributed by atoms with Gasteiger partial charge in [-0.15, -0.1) is 0 Å². The fourth-order valence-corrected chi connectivity index (χ4v) is 3.99. The van der Waals surface area contributed by atoms with Crippen LogP contribution in [0.15, 0.2) is 12.1 Å². The van der Waals surface area contributed by atoms with E-state index in [1.165, 1.54) is 0 Å². The van der Waals surface area contributed by atoms with Crippen LogP contribution in [0.1, 0.15) is 44.9 Å². The summed E-state index contributed by atoms with van der Waals surface area (Å²) in [5, 5.41) is 14.0. The van der Waals surface area contributed by atoms with Gasteiger partial charge in [-0.25, -0.2) is 0 Å². The minimum atomic E-state index is -0.589. The second-order valence-corrected chi connectivity index (χ2v) is 7.53. The van der Waals surface area contributed by atoms with Crippen molar-refractivity contribution in [1.82, 2.24) is 0 Å². The van der Waals surface area contributed by atoms with E-state index >= 15 is 0 Å². The lowest BCUT2D eigenvalue weighted by atomic mass is 9.97. The zero-order chi connectivity index (χ0) is 14.9. The van der Waals surface area contributed by atoms with E-state index in [2.05, 4.69) is 33.0 Å². The Balaban J connectivity index is 1.97. The van der Waals surface area contributed by atoms with Crippen molar-refractivity contribution in [1.29, 1.82) is 0 Å². The van der Waals surface area contributed by atoms with Gasteiger partial charge in [0.1, 0.15) is 0 Å². The number of benzene rings is 1. The summed E-state index contributed by atoms with van der Waals surface area (Å²) in [6.07, 6.45) is -0.225. The molecule has 1 saturated carbocycles. The fourth-order valence-electron chi connectivity index (χ4n) is 3.71. The van der Waals surface area contributed by atoms with Gasteiger partial charge in [0.25, 0.3) is 0 Å². The molecule has 1 atom stereocenters. The number of anilines is 1. The molecular formula is C16H20ClNO2. The molecule has 1 unspecified atom stereocenters. The van der Waals surface area contributed by atoms with E-state index in [9.17, 15) is 9.90 Å². The highest BCUT2D eigenvalue weighted by molar-refractivity contribution is 6.32. The molecule has 0 saturated heterocycles. The van der Waals surface area contributed by atoms with Gasteiger partial charge in [-0.2, -0.15) is 0 Å². The van der Waals surface area contributed by atoms with Crippen LogP contribution in [0.3, 0.4) is 0 Å². The Hall–Kier alpha value is -1.06. The van der Waals surface area contributed by atoms with Gasteiger partial charge in [0.15, 0.2) is 0 Å². The average molecular weight is 294 g/mol. The zero-order valence-corrected chi connectivity index (χ0v) is 13.0. The molecule has 1 heterocycles. The number of aliphatic hydroxyl groups excluding tert-OH is 1. The van der Waals surface area contributed by atoms with Gasteiger partial charge in [0.2, 0.25) is 5.91 Å². The average Bonchev–Trinajstić information content (AvgIpc) is 2.60. The van der Waals surface area contributed by atoms with Crippen LogP contribution in [-0.2, 0) is 11.2 Å². The molecule has 1 aliphatic heterocycles. The molecule has 0 spiro atoms. The fraction of sp³-hybridized carbons (Fsp3) is 0.562. The Kier molecular flexibility index (Phi) is 2.77. The first-order chi connectivity index (χ1) is 9.16. The molecule has 3 nitrogen and oxygen atoms in total. The monoisotopic (exact) mass is 293 g/mol. The Morgan fingerprint density at radius 2 is 1.90 bits per heavy atom. The summed E-state index contributed by atoms with van der Waals surface area (Å²) in [5.41, 5.74) is 2.60. The number of aliphatic hydroxyl groups is 1. The van der Waals surface area contributed by atoms with Crippen LogP contribution in [-0.4, -0.2) is 11.0 Å². The number of fused-ring (bicyclic) bond motifs is 1. The smallest absolute Gasteiger partial charge is 0.228 e. The van der Waals surface area contributed by atoms with Crippen molar-refractivity contribution in [2.45, 2.75) is 40.2 Å². The molecule has 1 aromatic carbocycles. The Morgan fingerprint density at radius 1 is 1.30 bits per heavy atom. The van der Waals surface area contributed by atoms with E-state index in [1.54, 1.807) is 6.07 Å². The number of hydrogen-bond acceptors (Lipinski definition) is 2. The molecule has 108 valence electrons. The Morgan fingerprint density at radius 3 is 2.45 bits per heavy atom. The highest BCUT2D eigenvalue weighted by atomic mass is 35.5. The van der Waals surface area contributed by atoms with E-state index in [-0.39, 0.29) is 22.7 Å². The first-order valence-electron chi connectivity index (χ1n) is 6.96. The molecule has 1 amide bonds. The van der Waals surface area contributed by atoms with Crippen LogP contribution in [0, 0.1) is 16.7 Å². The largest absolute Gasteiger partial charge is 0.388 e. The van der Waals surface area contributed by atoms with Crippen LogP contribution in [0.5, 0.6) is 0 Å². The first kappa shape index (κ1) is 13.9. The zero-order valence-electron chi connectivity index (χ0n) is 12.2. The van der Waals surface area contributed by atoms with Crippen LogP contribution in [0.4, 0.5) is 5.69 Å². The summed E-state index contributed by atoms with van der Waals surface area (Å²) in [6, 6.07) is 3.63. The third kappa shape index (κ3) is 1.73. The first-order valence-corrected chi connectivity index (χ1v) is 7.34.